The maximum absolute atomic E-state index is 12.2. The summed E-state index contributed by atoms with van der Waals surface area (Å²) in [6.07, 6.45) is 1.59. The summed E-state index contributed by atoms with van der Waals surface area (Å²) in [5, 5.41) is 4.65. The van der Waals surface area contributed by atoms with E-state index in [1.54, 1.807) is 17.1 Å². The molecule has 1 aromatic heterocycles. The van der Waals surface area contributed by atoms with Crippen molar-refractivity contribution in [3.63, 3.8) is 0 Å². The number of halogens is 1. The maximum Gasteiger partial charge on any atom is 0.510 e. The molecule has 26 heavy (non-hydrogen) atoms. The lowest BCUT2D eigenvalue weighted by Gasteiger charge is -2.32. The first-order valence-corrected chi connectivity index (χ1v) is 8.50. The second kappa shape index (κ2) is 6.46. The fourth-order valence-electron chi connectivity index (χ4n) is 3.25. The molecule has 132 valence electrons. The highest BCUT2D eigenvalue weighted by Crippen LogP contribution is 2.49. The highest BCUT2D eigenvalue weighted by molar-refractivity contribution is 6.31. The first-order valence-electron chi connectivity index (χ1n) is 8.12. The molecule has 1 saturated heterocycles. The summed E-state index contributed by atoms with van der Waals surface area (Å²) in [4.78, 5) is 16.2. The van der Waals surface area contributed by atoms with Crippen molar-refractivity contribution in [3.8, 4) is 0 Å². The predicted octanol–water partition coefficient (Wildman–Crippen LogP) is 4.04. The molecular weight excluding hydrogens is 354 g/mol. The number of carbonyl (C=O) groups is 1. The largest absolute Gasteiger partial charge is 0.510 e. The van der Waals surface area contributed by atoms with Gasteiger partial charge in [-0.2, -0.15) is 5.10 Å². The van der Waals surface area contributed by atoms with Gasteiger partial charge in [0, 0.05) is 10.6 Å². The van der Waals surface area contributed by atoms with Crippen LogP contribution in [0.1, 0.15) is 22.8 Å². The molecule has 0 bridgehead atoms. The lowest BCUT2D eigenvalue weighted by Crippen LogP contribution is -2.37. The summed E-state index contributed by atoms with van der Waals surface area (Å²) < 4.78 is 12.9. The molecule has 0 aliphatic carbocycles. The molecule has 2 aromatic carbocycles. The third kappa shape index (κ3) is 2.82. The molecule has 2 heterocycles. The van der Waals surface area contributed by atoms with Gasteiger partial charge in [-0.3, -0.25) is 0 Å². The number of carbonyl (C=O) groups excluding carboxylic acids is 1. The normalized spacial score (nSPS) is 22.1. The van der Waals surface area contributed by atoms with Gasteiger partial charge in [-0.05, 0) is 18.6 Å². The average Bonchev–Trinajstić information content (AvgIpc) is 3.24. The van der Waals surface area contributed by atoms with E-state index in [4.69, 9.17) is 21.1 Å². The SMILES string of the molecule is Cc1ccc([C@H]2OC(=O)O[C@]2(Cn2cncn2)c2ccccc2Cl)cc1. The van der Waals surface area contributed by atoms with Gasteiger partial charge in [-0.15, -0.1) is 0 Å². The molecule has 7 heteroatoms. The third-order valence-electron chi connectivity index (χ3n) is 4.48. The number of benzene rings is 2. The van der Waals surface area contributed by atoms with Crippen LogP contribution in [0, 0.1) is 6.92 Å². The molecule has 0 unspecified atom stereocenters. The average molecular weight is 370 g/mol. The highest BCUT2D eigenvalue weighted by atomic mass is 35.5. The molecule has 0 spiro atoms. The molecule has 2 atom stereocenters. The number of aromatic nitrogens is 3. The van der Waals surface area contributed by atoms with E-state index in [1.165, 1.54) is 6.33 Å². The molecule has 0 N–H and O–H groups in total. The van der Waals surface area contributed by atoms with Crippen LogP contribution < -0.4 is 0 Å². The number of hydrogen-bond donors (Lipinski definition) is 0. The van der Waals surface area contributed by atoms with Crippen molar-refractivity contribution in [2.75, 3.05) is 0 Å². The number of nitrogens with zero attached hydrogens (tertiary/aromatic N) is 3. The summed E-state index contributed by atoms with van der Waals surface area (Å²) in [7, 11) is 0. The second-order valence-electron chi connectivity index (χ2n) is 6.22. The topological polar surface area (TPSA) is 66.2 Å². The lowest BCUT2D eigenvalue weighted by atomic mass is 9.84. The van der Waals surface area contributed by atoms with Crippen molar-refractivity contribution in [1.29, 1.82) is 0 Å². The van der Waals surface area contributed by atoms with Gasteiger partial charge in [0.1, 0.15) is 12.7 Å². The van der Waals surface area contributed by atoms with Gasteiger partial charge >= 0.3 is 6.16 Å². The van der Waals surface area contributed by atoms with Crippen LogP contribution in [0.5, 0.6) is 0 Å². The lowest BCUT2D eigenvalue weighted by molar-refractivity contribution is 0.00364. The minimum absolute atomic E-state index is 0.223. The summed E-state index contributed by atoms with van der Waals surface area (Å²) in [5.74, 6) is 0. The van der Waals surface area contributed by atoms with Crippen molar-refractivity contribution in [1.82, 2.24) is 14.8 Å². The third-order valence-corrected chi connectivity index (χ3v) is 4.81. The van der Waals surface area contributed by atoms with Gasteiger partial charge in [0.05, 0.1) is 6.54 Å². The first kappa shape index (κ1) is 16.6. The molecule has 1 fully saturated rings. The Balaban J connectivity index is 1.88. The quantitative estimate of drug-likeness (QED) is 0.649. The van der Waals surface area contributed by atoms with E-state index in [2.05, 4.69) is 10.1 Å². The second-order valence-corrected chi connectivity index (χ2v) is 6.63. The number of hydrogen-bond acceptors (Lipinski definition) is 5. The van der Waals surface area contributed by atoms with E-state index in [-0.39, 0.29) is 6.54 Å². The van der Waals surface area contributed by atoms with Gasteiger partial charge in [0.25, 0.3) is 0 Å². The number of cyclic esters (lactones) is 2. The van der Waals surface area contributed by atoms with Crippen molar-refractivity contribution in [2.24, 2.45) is 0 Å². The van der Waals surface area contributed by atoms with Gasteiger partial charge in [0.2, 0.25) is 5.60 Å². The van der Waals surface area contributed by atoms with Gasteiger partial charge < -0.3 is 9.47 Å². The van der Waals surface area contributed by atoms with Gasteiger partial charge in [-0.1, -0.05) is 59.6 Å². The van der Waals surface area contributed by atoms with E-state index < -0.39 is 17.9 Å². The molecule has 0 saturated carbocycles. The van der Waals surface area contributed by atoms with Crippen LogP contribution in [0.2, 0.25) is 5.02 Å². The Morgan fingerprint density at radius 1 is 1.19 bits per heavy atom. The minimum atomic E-state index is -1.15. The Kier molecular flexibility index (Phi) is 4.12. The van der Waals surface area contributed by atoms with Gasteiger partial charge in [-0.25, -0.2) is 14.5 Å². The number of ether oxygens (including phenoxy) is 2. The number of aryl methyl sites for hydroxylation is 1. The van der Waals surface area contributed by atoms with Gasteiger partial charge in [0.15, 0.2) is 6.10 Å². The van der Waals surface area contributed by atoms with Crippen LogP contribution >= 0.6 is 11.6 Å². The van der Waals surface area contributed by atoms with Crippen molar-refractivity contribution in [2.45, 2.75) is 25.2 Å². The zero-order chi connectivity index (χ0) is 18.1. The van der Waals surface area contributed by atoms with Crippen LogP contribution in [0.15, 0.2) is 61.2 Å². The Morgan fingerprint density at radius 2 is 1.96 bits per heavy atom. The maximum atomic E-state index is 12.2. The van der Waals surface area contributed by atoms with Crippen LogP contribution in [-0.2, 0) is 21.6 Å². The zero-order valence-electron chi connectivity index (χ0n) is 14.0. The van der Waals surface area contributed by atoms with Crippen LogP contribution in [0.3, 0.4) is 0 Å². The van der Waals surface area contributed by atoms with Crippen molar-refractivity contribution >= 4 is 17.8 Å². The van der Waals surface area contributed by atoms with E-state index in [0.717, 1.165) is 11.1 Å². The summed E-state index contributed by atoms with van der Waals surface area (Å²) in [5.41, 5.74) is 1.44. The fourth-order valence-corrected chi connectivity index (χ4v) is 3.55. The highest BCUT2D eigenvalue weighted by Gasteiger charge is 2.55. The summed E-state index contributed by atoms with van der Waals surface area (Å²) in [6.45, 7) is 2.22. The van der Waals surface area contributed by atoms with Crippen LogP contribution in [0.25, 0.3) is 0 Å². The van der Waals surface area contributed by atoms with E-state index in [9.17, 15) is 4.79 Å². The Labute approximate surface area is 155 Å². The molecule has 4 rings (SSSR count). The van der Waals surface area contributed by atoms with Crippen LogP contribution in [0.4, 0.5) is 4.79 Å². The van der Waals surface area contributed by atoms with E-state index in [0.29, 0.717) is 10.6 Å². The van der Waals surface area contributed by atoms with Crippen molar-refractivity contribution < 1.29 is 14.3 Å². The molecule has 0 radical (unpaired) electrons. The Morgan fingerprint density at radius 3 is 2.65 bits per heavy atom. The van der Waals surface area contributed by atoms with Crippen LogP contribution in [-0.4, -0.2) is 20.9 Å². The zero-order valence-corrected chi connectivity index (χ0v) is 14.8. The standard InChI is InChI=1S/C19H16ClN3O3/c1-13-6-8-14(9-7-13)17-19(26-18(24)25-17,10-23-12-21-11-22-23)15-4-2-3-5-16(15)20/h2-9,11-12,17H,10H2,1H3/t17-,19-/m1/s1. The Hall–Kier alpha value is -2.86. The van der Waals surface area contributed by atoms with E-state index in [1.807, 2.05) is 49.4 Å². The fraction of sp³-hybridized carbons (Fsp3) is 0.211. The summed E-state index contributed by atoms with van der Waals surface area (Å²) in [6, 6.07) is 15.1. The first-order chi connectivity index (χ1) is 12.6. The smallest absolute Gasteiger partial charge is 0.421 e. The minimum Gasteiger partial charge on any atom is -0.421 e. The van der Waals surface area contributed by atoms with E-state index >= 15 is 0 Å². The Bertz CT molecular complexity index is 927. The summed E-state index contributed by atoms with van der Waals surface area (Å²) >= 11 is 6.47. The number of rotatable bonds is 4. The molecule has 6 nitrogen and oxygen atoms in total. The predicted molar refractivity (Wildman–Crippen MR) is 94.6 cm³/mol. The van der Waals surface area contributed by atoms with Crippen molar-refractivity contribution in [3.05, 3.63) is 82.9 Å². The molecular formula is C19H16ClN3O3. The molecule has 1 aliphatic rings. The monoisotopic (exact) mass is 369 g/mol. The molecule has 0 amide bonds. The molecule has 1 aliphatic heterocycles. The molecule has 3 aromatic rings.